The van der Waals surface area contributed by atoms with Gasteiger partial charge in [0, 0.05) is 67.0 Å². The molecule has 3 rings (SSSR count). The van der Waals surface area contributed by atoms with E-state index in [2.05, 4.69) is 19.8 Å². The molecule has 1 atom stereocenters. The van der Waals surface area contributed by atoms with Crippen LogP contribution in [0.5, 0.6) is 0 Å². The first-order valence-electron chi connectivity index (χ1n) is 8.73. The number of hydrogen-bond acceptors (Lipinski definition) is 6. The topological polar surface area (TPSA) is 80.3 Å². The maximum atomic E-state index is 12.1. The van der Waals surface area contributed by atoms with E-state index in [-0.39, 0.29) is 11.2 Å². The summed E-state index contributed by atoms with van der Waals surface area (Å²) < 4.78 is 4.73. The number of rotatable bonds is 5. The number of nitrogens with one attached hydrogen (secondary N) is 1. The van der Waals surface area contributed by atoms with Gasteiger partial charge in [-0.3, -0.25) is 13.9 Å². The van der Waals surface area contributed by atoms with Crippen molar-refractivity contribution in [2.24, 2.45) is 21.1 Å². The zero-order valence-electron chi connectivity index (χ0n) is 16.1. The van der Waals surface area contributed by atoms with E-state index in [0.29, 0.717) is 11.9 Å². The Morgan fingerprint density at radius 3 is 2.58 bits per heavy atom. The van der Waals surface area contributed by atoms with Crippen molar-refractivity contribution in [3.63, 3.8) is 0 Å². The number of anilines is 2. The van der Waals surface area contributed by atoms with Crippen LogP contribution in [0.3, 0.4) is 0 Å². The lowest BCUT2D eigenvalue weighted by Gasteiger charge is -2.21. The monoisotopic (exact) mass is 361 g/mol. The van der Waals surface area contributed by atoms with Crippen molar-refractivity contribution in [1.29, 1.82) is 0 Å². The molecule has 1 N–H and O–H groups in total. The normalized spacial score (nSPS) is 17.1. The molecule has 0 aliphatic carbocycles. The van der Waals surface area contributed by atoms with Gasteiger partial charge in [-0.2, -0.15) is 0 Å². The fourth-order valence-electron chi connectivity index (χ4n) is 3.42. The second kappa shape index (κ2) is 6.99. The average molecular weight is 361 g/mol. The summed E-state index contributed by atoms with van der Waals surface area (Å²) in [5.74, 6) is 1.60. The van der Waals surface area contributed by atoms with E-state index >= 15 is 0 Å². The molecule has 0 saturated carbocycles. The van der Waals surface area contributed by atoms with Gasteiger partial charge in [0.1, 0.15) is 5.82 Å². The predicted octanol–water partition coefficient (Wildman–Crippen LogP) is -0.748. The van der Waals surface area contributed by atoms with Crippen LogP contribution in [0.2, 0.25) is 0 Å². The molecule has 1 saturated heterocycles. The van der Waals surface area contributed by atoms with Crippen LogP contribution in [-0.4, -0.2) is 51.9 Å². The molecule has 2 aromatic heterocycles. The van der Waals surface area contributed by atoms with Gasteiger partial charge in [0.15, 0.2) is 0 Å². The predicted molar refractivity (Wildman–Crippen MR) is 102 cm³/mol. The molecule has 9 nitrogen and oxygen atoms in total. The van der Waals surface area contributed by atoms with Gasteiger partial charge in [-0.15, -0.1) is 0 Å². The van der Waals surface area contributed by atoms with E-state index in [0.717, 1.165) is 42.3 Å². The van der Waals surface area contributed by atoms with Crippen LogP contribution in [0.1, 0.15) is 12.1 Å². The second-order valence-electron chi connectivity index (χ2n) is 7.06. The zero-order valence-corrected chi connectivity index (χ0v) is 16.1. The Morgan fingerprint density at radius 1 is 1.19 bits per heavy atom. The Hall–Kier alpha value is -2.55. The summed E-state index contributed by atoms with van der Waals surface area (Å²) in [6.07, 6.45) is 2.85. The molecule has 0 aromatic carbocycles. The Bertz CT molecular complexity index is 909. The largest absolute Gasteiger partial charge is 0.356 e. The van der Waals surface area contributed by atoms with Gasteiger partial charge in [0.2, 0.25) is 5.95 Å². The minimum atomic E-state index is -0.296. The van der Waals surface area contributed by atoms with E-state index in [4.69, 9.17) is 0 Å². The molecular weight excluding hydrogens is 334 g/mol. The fraction of sp³-hybridized carbons (Fsp3) is 0.588. The first-order valence-corrected chi connectivity index (χ1v) is 8.73. The summed E-state index contributed by atoms with van der Waals surface area (Å²) in [6.45, 7) is 2.30. The highest BCUT2D eigenvalue weighted by molar-refractivity contribution is 5.40. The van der Waals surface area contributed by atoms with Gasteiger partial charge < -0.3 is 19.7 Å². The Kier molecular flexibility index (Phi) is 4.90. The van der Waals surface area contributed by atoms with E-state index in [1.165, 1.54) is 17.7 Å². The lowest BCUT2D eigenvalue weighted by atomic mass is 10.2. The van der Waals surface area contributed by atoms with Crippen LogP contribution in [-0.2, 0) is 27.7 Å². The zero-order chi connectivity index (χ0) is 19.0. The Labute approximate surface area is 152 Å². The maximum absolute atomic E-state index is 12.1. The molecule has 26 heavy (non-hydrogen) atoms. The smallest absolute Gasteiger partial charge is 0.332 e. The molecule has 2 aromatic rings. The number of nitrogens with zero attached hydrogens (tertiary/aromatic N) is 6. The lowest BCUT2D eigenvalue weighted by Crippen LogP contribution is -2.40. The summed E-state index contributed by atoms with van der Waals surface area (Å²) in [4.78, 5) is 32.6. The molecule has 0 radical (unpaired) electrons. The van der Waals surface area contributed by atoms with Crippen LogP contribution in [0, 0.1) is 0 Å². The minimum absolute atomic E-state index is 0.273. The van der Waals surface area contributed by atoms with Crippen molar-refractivity contribution in [2.45, 2.75) is 19.0 Å². The molecule has 0 bridgehead atoms. The van der Waals surface area contributed by atoms with Crippen molar-refractivity contribution in [3.8, 4) is 0 Å². The van der Waals surface area contributed by atoms with Crippen molar-refractivity contribution < 1.29 is 0 Å². The SMILES string of the molecule is CN(C)c1ncc(CN[C@@H]2CCN(c3cc(=O)n(C)c(=O)n3C)C2)n1C. The number of hydrogen-bond donors (Lipinski definition) is 1. The molecule has 0 unspecified atom stereocenters. The third kappa shape index (κ3) is 3.26. The van der Waals surface area contributed by atoms with Gasteiger partial charge in [-0.25, -0.2) is 9.78 Å². The van der Waals surface area contributed by atoms with E-state index in [1.807, 2.05) is 32.2 Å². The van der Waals surface area contributed by atoms with Crippen molar-refractivity contribution in [2.75, 3.05) is 37.0 Å². The molecule has 0 spiro atoms. The summed E-state index contributed by atoms with van der Waals surface area (Å²) in [6, 6.07) is 1.83. The van der Waals surface area contributed by atoms with Gasteiger partial charge >= 0.3 is 5.69 Å². The number of aromatic nitrogens is 4. The van der Waals surface area contributed by atoms with E-state index < -0.39 is 0 Å². The minimum Gasteiger partial charge on any atom is -0.356 e. The molecule has 9 heteroatoms. The molecule has 1 aliphatic heterocycles. The first kappa shape index (κ1) is 18.2. The van der Waals surface area contributed by atoms with Gasteiger partial charge in [-0.1, -0.05) is 0 Å². The van der Waals surface area contributed by atoms with Crippen molar-refractivity contribution in [3.05, 3.63) is 38.8 Å². The second-order valence-corrected chi connectivity index (χ2v) is 7.06. The standard InChI is InChI=1S/C17H27N7O2/c1-20(2)16-19-10-13(21(16)3)9-18-12-6-7-24(11-12)14-8-15(25)23(5)17(26)22(14)4/h8,10,12,18H,6-7,9,11H2,1-5H3/t12-/m1/s1. The summed E-state index contributed by atoms with van der Waals surface area (Å²) in [5.41, 5.74) is 0.550. The van der Waals surface area contributed by atoms with Crippen LogP contribution >= 0.6 is 0 Å². The first-order chi connectivity index (χ1) is 12.3. The fourth-order valence-corrected chi connectivity index (χ4v) is 3.42. The highest BCUT2D eigenvalue weighted by Gasteiger charge is 2.25. The third-order valence-electron chi connectivity index (χ3n) is 5.04. The molecule has 0 amide bonds. The maximum Gasteiger partial charge on any atom is 0.332 e. The molecular formula is C17H27N7O2. The van der Waals surface area contributed by atoms with Crippen molar-refractivity contribution >= 4 is 11.8 Å². The lowest BCUT2D eigenvalue weighted by molar-refractivity contribution is 0.537. The molecule has 1 fully saturated rings. The van der Waals surface area contributed by atoms with Crippen molar-refractivity contribution in [1.82, 2.24) is 24.0 Å². The molecule has 142 valence electrons. The molecule has 3 heterocycles. The van der Waals surface area contributed by atoms with Gasteiger partial charge in [0.25, 0.3) is 5.56 Å². The van der Waals surface area contributed by atoms with Crippen LogP contribution in [0.4, 0.5) is 11.8 Å². The van der Waals surface area contributed by atoms with Crippen LogP contribution < -0.4 is 26.4 Å². The van der Waals surface area contributed by atoms with Gasteiger partial charge in [0.05, 0.1) is 11.9 Å². The summed E-state index contributed by atoms with van der Waals surface area (Å²) >= 11 is 0. The Balaban J connectivity index is 1.67. The summed E-state index contributed by atoms with van der Waals surface area (Å²) in [5, 5.41) is 3.56. The number of imidazole rings is 1. The van der Waals surface area contributed by atoms with Crippen LogP contribution in [0.15, 0.2) is 21.9 Å². The van der Waals surface area contributed by atoms with E-state index in [1.54, 1.807) is 7.05 Å². The Morgan fingerprint density at radius 2 is 1.92 bits per heavy atom. The summed E-state index contributed by atoms with van der Waals surface area (Å²) in [7, 11) is 9.16. The van der Waals surface area contributed by atoms with E-state index in [9.17, 15) is 9.59 Å². The molecule has 1 aliphatic rings. The third-order valence-corrected chi connectivity index (χ3v) is 5.04. The van der Waals surface area contributed by atoms with Gasteiger partial charge in [-0.05, 0) is 6.42 Å². The average Bonchev–Trinajstić information content (AvgIpc) is 3.21. The highest BCUT2D eigenvalue weighted by Crippen LogP contribution is 2.18. The highest BCUT2D eigenvalue weighted by atomic mass is 16.2. The van der Waals surface area contributed by atoms with Crippen LogP contribution in [0.25, 0.3) is 0 Å². The quantitative estimate of drug-likeness (QED) is 0.755.